The Bertz CT molecular complexity index is 407. The first kappa shape index (κ1) is 14.3. The van der Waals surface area contributed by atoms with Gasteiger partial charge in [-0.2, -0.15) is 0 Å². The highest BCUT2D eigenvalue weighted by atomic mass is 16.5. The number of amides is 1. The van der Waals surface area contributed by atoms with Crippen molar-refractivity contribution >= 4 is 11.6 Å². The van der Waals surface area contributed by atoms with Crippen molar-refractivity contribution in [3.05, 3.63) is 23.8 Å². The number of nitrogens with zero attached hydrogens (tertiary/aromatic N) is 1. The molecule has 0 aliphatic carbocycles. The Morgan fingerprint density at radius 1 is 1.39 bits per heavy atom. The molecule has 0 radical (unpaired) electrons. The quantitative estimate of drug-likeness (QED) is 0.777. The molecule has 0 aliphatic rings. The van der Waals surface area contributed by atoms with E-state index in [0.29, 0.717) is 36.7 Å². The van der Waals surface area contributed by atoms with Crippen molar-refractivity contribution in [3.8, 4) is 5.75 Å². The number of ether oxygens (including phenoxy) is 2. The van der Waals surface area contributed by atoms with Crippen molar-refractivity contribution in [3.63, 3.8) is 0 Å². The SMILES string of the molecule is CCN(CCOC)C(=O)c1ccc(OC)c(N)c1. The number of hydrogen-bond acceptors (Lipinski definition) is 4. The van der Waals surface area contributed by atoms with Gasteiger partial charge in [0, 0.05) is 25.8 Å². The maximum absolute atomic E-state index is 12.2. The highest BCUT2D eigenvalue weighted by Gasteiger charge is 2.15. The zero-order chi connectivity index (χ0) is 13.5. The first-order chi connectivity index (χ1) is 8.63. The van der Waals surface area contributed by atoms with E-state index in [9.17, 15) is 4.79 Å². The number of nitrogens with two attached hydrogens (primary N) is 1. The summed E-state index contributed by atoms with van der Waals surface area (Å²) in [5.41, 5.74) is 6.82. The van der Waals surface area contributed by atoms with Crippen LogP contribution < -0.4 is 10.5 Å². The molecule has 1 amide bonds. The third-order valence-corrected chi connectivity index (χ3v) is 2.71. The lowest BCUT2D eigenvalue weighted by molar-refractivity contribution is 0.0706. The maximum atomic E-state index is 12.2. The molecule has 0 bridgehead atoms. The summed E-state index contributed by atoms with van der Waals surface area (Å²) in [5, 5.41) is 0. The smallest absolute Gasteiger partial charge is 0.254 e. The normalized spacial score (nSPS) is 10.2. The average molecular weight is 252 g/mol. The molecular weight excluding hydrogens is 232 g/mol. The molecule has 0 heterocycles. The zero-order valence-corrected chi connectivity index (χ0v) is 11.1. The summed E-state index contributed by atoms with van der Waals surface area (Å²) < 4.78 is 10.0. The molecule has 0 fully saturated rings. The van der Waals surface area contributed by atoms with E-state index < -0.39 is 0 Å². The van der Waals surface area contributed by atoms with Crippen molar-refractivity contribution in [2.45, 2.75) is 6.92 Å². The number of benzene rings is 1. The zero-order valence-electron chi connectivity index (χ0n) is 11.1. The van der Waals surface area contributed by atoms with E-state index >= 15 is 0 Å². The van der Waals surface area contributed by atoms with E-state index in [2.05, 4.69) is 0 Å². The topological polar surface area (TPSA) is 64.8 Å². The summed E-state index contributed by atoms with van der Waals surface area (Å²) in [6.07, 6.45) is 0. The highest BCUT2D eigenvalue weighted by molar-refractivity contribution is 5.95. The summed E-state index contributed by atoms with van der Waals surface area (Å²) in [6.45, 7) is 3.65. The monoisotopic (exact) mass is 252 g/mol. The molecule has 1 rings (SSSR count). The van der Waals surface area contributed by atoms with Gasteiger partial charge in [-0.3, -0.25) is 4.79 Å². The predicted molar refractivity (Wildman–Crippen MR) is 70.9 cm³/mol. The third-order valence-electron chi connectivity index (χ3n) is 2.71. The predicted octanol–water partition coefficient (Wildman–Crippen LogP) is 1.39. The molecular formula is C13H20N2O3. The van der Waals surface area contributed by atoms with Gasteiger partial charge in [-0.05, 0) is 25.1 Å². The molecule has 0 saturated heterocycles. The lowest BCUT2D eigenvalue weighted by atomic mass is 10.1. The van der Waals surface area contributed by atoms with E-state index in [1.807, 2.05) is 6.92 Å². The summed E-state index contributed by atoms with van der Waals surface area (Å²) in [6, 6.07) is 5.05. The Hall–Kier alpha value is -1.75. The van der Waals surface area contributed by atoms with E-state index in [-0.39, 0.29) is 5.91 Å². The van der Waals surface area contributed by atoms with Gasteiger partial charge >= 0.3 is 0 Å². The van der Waals surface area contributed by atoms with E-state index in [4.69, 9.17) is 15.2 Å². The Balaban J connectivity index is 2.84. The van der Waals surface area contributed by atoms with E-state index in [0.717, 1.165) is 0 Å². The molecule has 2 N–H and O–H groups in total. The standard InChI is InChI=1S/C13H20N2O3/c1-4-15(7-8-17-2)13(16)10-5-6-12(18-3)11(14)9-10/h5-6,9H,4,7-8,14H2,1-3H3. The summed E-state index contributed by atoms with van der Waals surface area (Å²) in [5.74, 6) is 0.524. The number of carbonyl (C=O) groups excluding carboxylic acids is 1. The Kier molecular flexibility index (Phi) is 5.45. The molecule has 0 atom stereocenters. The van der Waals surface area contributed by atoms with Crippen LogP contribution in [0.25, 0.3) is 0 Å². The third kappa shape index (κ3) is 3.37. The molecule has 0 spiro atoms. The van der Waals surface area contributed by atoms with Crippen molar-refractivity contribution in [2.24, 2.45) is 0 Å². The molecule has 100 valence electrons. The van der Waals surface area contributed by atoms with Gasteiger partial charge in [0.05, 0.1) is 19.4 Å². The first-order valence-corrected chi connectivity index (χ1v) is 5.85. The lowest BCUT2D eigenvalue weighted by Crippen LogP contribution is -2.33. The van der Waals surface area contributed by atoms with Crippen LogP contribution >= 0.6 is 0 Å². The second-order valence-electron chi connectivity index (χ2n) is 3.83. The van der Waals surface area contributed by atoms with Crippen molar-refractivity contribution < 1.29 is 14.3 Å². The molecule has 0 saturated carbocycles. The number of carbonyl (C=O) groups is 1. The van der Waals surface area contributed by atoms with Crippen LogP contribution in [-0.2, 0) is 4.74 Å². The Labute approximate surface area is 107 Å². The van der Waals surface area contributed by atoms with Crippen LogP contribution in [0.2, 0.25) is 0 Å². The molecule has 1 aromatic rings. The van der Waals surface area contributed by atoms with Crippen molar-refractivity contribution in [2.75, 3.05) is 39.6 Å². The molecule has 5 heteroatoms. The highest BCUT2D eigenvalue weighted by Crippen LogP contribution is 2.22. The number of rotatable bonds is 6. The lowest BCUT2D eigenvalue weighted by Gasteiger charge is -2.20. The van der Waals surface area contributed by atoms with Crippen LogP contribution in [0, 0.1) is 0 Å². The minimum atomic E-state index is -0.0519. The van der Waals surface area contributed by atoms with Crippen LogP contribution in [0.4, 0.5) is 5.69 Å². The number of nitrogen functional groups attached to an aromatic ring is 1. The first-order valence-electron chi connectivity index (χ1n) is 5.85. The largest absolute Gasteiger partial charge is 0.495 e. The molecule has 0 aliphatic heterocycles. The Morgan fingerprint density at radius 2 is 2.11 bits per heavy atom. The van der Waals surface area contributed by atoms with Gasteiger partial charge in [0.2, 0.25) is 0 Å². The Morgan fingerprint density at radius 3 is 2.61 bits per heavy atom. The molecule has 5 nitrogen and oxygen atoms in total. The van der Waals surface area contributed by atoms with E-state index in [1.165, 1.54) is 0 Å². The summed E-state index contributed by atoms with van der Waals surface area (Å²) in [4.78, 5) is 13.9. The van der Waals surface area contributed by atoms with Crippen LogP contribution in [0.3, 0.4) is 0 Å². The molecule has 1 aromatic carbocycles. The average Bonchev–Trinajstić information content (AvgIpc) is 2.39. The number of methoxy groups -OCH3 is 2. The van der Waals surface area contributed by atoms with Gasteiger partial charge in [-0.25, -0.2) is 0 Å². The minimum Gasteiger partial charge on any atom is -0.495 e. The van der Waals surface area contributed by atoms with E-state index in [1.54, 1.807) is 37.3 Å². The summed E-state index contributed by atoms with van der Waals surface area (Å²) >= 11 is 0. The van der Waals surface area contributed by atoms with Crippen LogP contribution in [-0.4, -0.2) is 44.7 Å². The maximum Gasteiger partial charge on any atom is 0.254 e. The van der Waals surface area contributed by atoms with Gasteiger partial charge < -0.3 is 20.1 Å². The van der Waals surface area contributed by atoms with Crippen LogP contribution in [0.5, 0.6) is 5.75 Å². The fourth-order valence-electron chi connectivity index (χ4n) is 1.65. The van der Waals surface area contributed by atoms with Gasteiger partial charge in [0.1, 0.15) is 5.75 Å². The van der Waals surface area contributed by atoms with Crippen LogP contribution in [0.1, 0.15) is 17.3 Å². The minimum absolute atomic E-state index is 0.0519. The fraction of sp³-hybridized carbons (Fsp3) is 0.462. The number of anilines is 1. The van der Waals surface area contributed by atoms with Crippen LogP contribution in [0.15, 0.2) is 18.2 Å². The van der Waals surface area contributed by atoms with Crippen molar-refractivity contribution in [1.29, 1.82) is 0 Å². The number of likely N-dealkylation sites (N-methyl/N-ethyl adjacent to an activating group) is 1. The van der Waals surface area contributed by atoms with Crippen molar-refractivity contribution in [1.82, 2.24) is 4.90 Å². The second-order valence-corrected chi connectivity index (χ2v) is 3.83. The molecule has 0 unspecified atom stereocenters. The van der Waals surface area contributed by atoms with Gasteiger partial charge in [0.15, 0.2) is 0 Å². The van der Waals surface area contributed by atoms with Gasteiger partial charge in [-0.15, -0.1) is 0 Å². The second kappa shape index (κ2) is 6.86. The summed E-state index contributed by atoms with van der Waals surface area (Å²) in [7, 11) is 3.16. The number of hydrogen-bond donors (Lipinski definition) is 1. The van der Waals surface area contributed by atoms with Gasteiger partial charge in [-0.1, -0.05) is 0 Å². The van der Waals surface area contributed by atoms with Gasteiger partial charge in [0.25, 0.3) is 5.91 Å². The molecule has 0 aromatic heterocycles. The molecule has 18 heavy (non-hydrogen) atoms. The fourth-order valence-corrected chi connectivity index (χ4v) is 1.65.